The molecule has 10 heteroatoms. The Bertz CT molecular complexity index is 1820. The van der Waals surface area contributed by atoms with Gasteiger partial charge in [-0.3, -0.25) is 24.8 Å². The number of aromatic nitrogens is 8. The van der Waals surface area contributed by atoms with Gasteiger partial charge in [-0.1, -0.05) is 25.3 Å². The van der Waals surface area contributed by atoms with Crippen LogP contribution in [0.1, 0.15) is 38.5 Å². The second kappa shape index (κ2) is 10.3. The standard InChI is InChI=1S/C30H27N9O/c40-26(12-18-6-2-1-3-7-18)35-20-13-19(15-31-16-20)24-14-22-25(17-34-24)38-39-28(22)30-36-27-21(9-11-33-29(27)37-30)23-8-4-5-10-32-23/h4-5,8-11,13-18H,1-3,6-7,12H2,(H,35,40)(H,38,39)(H,33,36,37). The first kappa shape index (κ1) is 24.1. The largest absolute Gasteiger partial charge is 0.325 e. The minimum absolute atomic E-state index is 0.0370. The molecule has 1 aliphatic carbocycles. The molecule has 0 saturated heterocycles. The van der Waals surface area contributed by atoms with Gasteiger partial charge < -0.3 is 10.3 Å². The van der Waals surface area contributed by atoms with E-state index in [1.54, 1.807) is 31.0 Å². The van der Waals surface area contributed by atoms with Crippen molar-refractivity contribution in [2.45, 2.75) is 38.5 Å². The van der Waals surface area contributed by atoms with E-state index in [0.29, 0.717) is 35.2 Å². The Balaban J connectivity index is 1.19. The molecule has 0 spiro atoms. The summed E-state index contributed by atoms with van der Waals surface area (Å²) in [7, 11) is 0. The van der Waals surface area contributed by atoms with Gasteiger partial charge in [0.25, 0.3) is 0 Å². The third kappa shape index (κ3) is 4.68. The van der Waals surface area contributed by atoms with Crippen molar-refractivity contribution < 1.29 is 4.79 Å². The molecule has 1 aliphatic rings. The number of carbonyl (C=O) groups excluding carboxylic acids is 1. The number of imidazole rings is 1. The molecule has 6 heterocycles. The highest BCUT2D eigenvalue weighted by molar-refractivity contribution is 5.96. The maximum absolute atomic E-state index is 12.7. The summed E-state index contributed by atoms with van der Waals surface area (Å²) >= 11 is 0. The highest BCUT2D eigenvalue weighted by Crippen LogP contribution is 2.32. The van der Waals surface area contributed by atoms with Crippen molar-refractivity contribution in [2.24, 2.45) is 5.92 Å². The van der Waals surface area contributed by atoms with Crippen molar-refractivity contribution in [3.8, 4) is 34.0 Å². The molecule has 0 bridgehead atoms. The summed E-state index contributed by atoms with van der Waals surface area (Å²) in [6, 6.07) is 11.6. The Morgan fingerprint density at radius 3 is 2.75 bits per heavy atom. The fraction of sp³-hybridized carbons (Fsp3) is 0.233. The van der Waals surface area contributed by atoms with Crippen LogP contribution < -0.4 is 5.32 Å². The second-order valence-corrected chi connectivity index (χ2v) is 10.3. The molecule has 6 aromatic heterocycles. The minimum atomic E-state index is 0.0370. The molecule has 0 aliphatic heterocycles. The van der Waals surface area contributed by atoms with Gasteiger partial charge in [-0.25, -0.2) is 9.97 Å². The van der Waals surface area contributed by atoms with Crippen LogP contribution >= 0.6 is 0 Å². The highest BCUT2D eigenvalue weighted by Gasteiger charge is 2.19. The Morgan fingerprint density at radius 1 is 0.950 bits per heavy atom. The van der Waals surface area contributed by atoms with Crippen LogP contribution in [0.5, 0.6) is 0 Å². The van der Waals surface area contributed by atoms with Crippen molar-refractivity contribution >= 4 is 33.7 Å². The summed E-state index contributed by atoms with van der Waals surface area (Å²) in [5, 5.41) is 11.5. The van der Waals surface area contributed by atoms with Gasteiger partial charge in [0.1, 0.15) is 11.2 Å². The minimum Gasteiger partial charge on any atom is -0.325 e. The molecule has 0 radical (unpaired) electrons. The van der Waals surface area contributed by atoms with Crippen molar-refractivity contribution in [1.29, 1.82) is 0 Å². The molecule has 0 aromatic carbocycles. The average Bonchev–Trinajstić information content (AvgIpc) is 3.62. The normalized spacial score (nSPS) is 14.1. The van der Waals surface area contributed by atoms with Crippen LogP contribution in [-0.4, -0.2) is 46.0 Å². The average molecular weight is 530 g/mol. The Labute approximate surface area is 229 Å². The highest BCUT2D eigenvalue weighted by atomic mass is 16.1. The molecule has 0 unspecified atom stereocenters. The van der Waals surface area contributed by atoms with Gasteiger partial charge >= 0.3 is 0 Å². The zero-order chi connectivity index (χ0) is 26.9. The number of rotatable bonds is 6. The summed E-state index contributed by atoms with van der Waals surface area (Å²) in [6.45, 7) is 0. The third-order valence-corrected chi connectivity index (χ3v) is 7.51. The number of pyridine rings is 4. The van der Waals surface area contributed by atoms with Crippen molar-refractivity contribution in [2.75, 3.05) is 5.32 Å². The van der Waals surface area contributed by atoms with E-state index in [1.807, 2.05) is 36.4 Å². The van der Waals surface area contributed by atoms with E-state index in [1.165, 1.54) is 19.3 Å². The quantitative estimate of drug-likeness (QED) is 0.243. The molecule has 1 fully saturated rings. The van der Waals surface area contributed by atoms with Crippen molar-refractivity contribution in [3.05, 3.63) is 67.4 Å². The first-order chi connectivity index (χ1) is 19.7. The molecule has 1 amide bonds. The third-order valence-electron chi connectivity index (χ3n) is 7.51. The van der Waals surface area contributed by atoms with E-state index in [4.69, 9.17) is 4.98 Å². The van der Waals surface area contributed by atoms with Crippen LogP contribution in [0.15, 0.2) is 67.4 Å². The van der Waals surface area contributed by atoms with Crippen LogP contribution in [0, 0.1) is 5.92 Å². The van der Waals surface area contributed by atoms with Crippen LogP contribution in [-0.2, 0) is 4.79 Å². The number of anilines is 1. The van der Waals surface area contributed by atoms with Gasteiger partial charge in [-0.2, -0.15) is 5.10 Å². The predicted octanol–water partition coefficient (Wildman–Crippen LogP) is 5.93. The lowest BCUT2D eigenvalue weighted by Crippen LogP contribution is -2.18. The van der Waals surface area contributed by atoms with Gasteiger partial charge in [0, 0.05) is 41.5 Å². The SMILES string of the molecule is O=C(CC1CCCCC1)Nc1cncc(-c2cc3c(-c4nc5c(-c6ccccn6)ccnc5[nH]4)n[nH]c3cn2)c1. The number of amides is 1. The van der Waals surface area contributed by atoms with Crippen LogP contribution in [0.4, 0.5) is 5.69 Å². The number of H-pyrrole nitrogens is 2. The fourth-order valence-corrected chi connectivity index (χ4v) is 5.52. The Kier molecular flexibility index (Phi) is 6.19. The number of aromatic amines is 2. The summed E-state index contributed by atoms with van der Waals surface area (Å²) < 4.78 is 0. The molecule has 40 heavy (non-hydrogen) atoms. The summed E-state index contributed by atoms with van der Waals surface area (Å²) in [5.74, 6) is 1.10. The summed E-state index contributed by atoms with van der Waals surface area (Å²) in [4.78, 5) is 38.8. The van der Waals surface area contributed by atoms with E-state index in [0.717, 1.165) is 51.8 Å². The molecule has 1 saturated carbocycles. The Hall–Kier alpha value is -4.99. The molecule has 10 nitrogen and oxygen atoms in total. The van der Waals surface area contributed by atoms with E-state index in [2.05, 4.69) is 40.4 Å². The first-order valence-corrected chi connectivity index (χ1v) is 13.6. The lowest BCUT2D eigenvalue weighted by Gasteiger charge is -2.20. The lowest BCUT2D eigenvalue weighted by molar-refractivity contribution is -0.117. The number of hydrogen-bond donors (Lipinski definition) is 3. The maximum Gasteiger partial charge on any atom is 0.224 e. The smallest absolute Gasteiger partial charge is 0.224 e. The van der Waals surface area contributed by atoms with Gasteiger partial charge in [0.15, 0.2) is 11.5 Å². The molecule has 3 N–H and O–H groups in total. The number of carbonyl (C=O) groups is 1. The molecular weight excluding hydrogens is 502 g/mol. The number of nitrogens with zero attached hydrogens (tertiary/aromatic N) is 6. The monoisotopic (exact) mass is 529 g/mol. The molecule has 6 aromatic rings. The van der Waals surface area contributed by atoms with Crippen LogP contribution in [0.2, 0.25) is 0 Å². The maximum atomic E-state index is 12.7. The van der Waals surface area contributed by atoms with E-state index < -0.39 is 0 Å². The van der Waals surface area contributed by atoms with Gasteiger partial charge in [0.05, 0.1) is 35.0 Å². The second-order valence-electron chi connectivity index (χ2n) is 10.3. The summed E-state index contributed by atoms with van der Waals surface area (Å²) in [6.07, 6.45) is 15.2. The van der Waals surface area contributed by atoms with Gasteiger partial charge in [-0.05, 0) is 49.1 Å². The number of hydrogen-bond acceptors (Lipinski definition) is 7. The van der Waals surface area contributed by atoms with Gasteiger partial charge in [-0.15, -0.1) is 0 Å². The van der Waals surface area contributed by atoms with Crippen molar-refractivity contribution in [3.63, 3.8) is 0 Å². The fourth-order valence-electron chi connectivity index (χ4n) is 5.52. The molecule has 0 atom stereocenters. The summed E-state index contributed by atoms with van der Waals surface area (Å²) in [5.41, 5.74) is 6.72. The van der Waals surface area contributed by atoms with E-state index in [-0.39, 0.29) is 5.91 Å². The topological polar surface area (TPSA) is 138 Å². The van der Waals surface area contributed by atoms with Crippen molar-refractivity contribution in [1.82, 2.24) is 40.1 Å². The van der Waals surface area contributed by atoms with E-state index in [9.17, 15) is 4.79 Å². The van der Waals surface area contributed by atoms with E-state index >= 15 is 0 Å². The molecular formula is C30H27N9O. The zero-order valence-corrected chi connectivity index (χ0v) is 21.8. The van der Waals surface area contributed by atoms with Crippen LogP contribution in [0.25, 0.3) is 56.1 Å². The predicted molar refractivity (Wildman–Crippen MR) is 153 cm³/mol. The lowest BCUT2D eigenvalue weighted by atomic mass is 9.87. The first-order valence-electron chi connectivity index (χ1n) is 13.6. The zero-order valence-electron chi connectivity index (χ0n) is 21.8. The molecule has 7 rings (SSSR count). The number of nitrogens with one attached hydrogen (secondary N) is 3. The van der Waals surface area contributed by atoms with Crippen LogP contribution in [0.3, 0.4) is 0 Å². The number of fused-ring (bicyclic) bond motifs is 2. The Morgan fingerprint density at radius 2 is 1.88 bits per heavy atom. The van der Waals surface area contributed by atoms with Gasteiger partial charge in [0.2, 0.25) is 5.91 Å². The molecule has 198 valence electrons.